The number of nitrogens with one attached hydrogen (secondary N) is 1. The number of carbonyl (C=O) groups is 1. The molecule has 7 heteroatoms. The van der Waals surface area contributed by atoms with E-state index in [1.54, 1.807) is 0 Å². The Hall–Kier alpha value is -2.96. The van der Waals surface area contributed by atoms with E-state index in [0.29, 0.717) is 11.6 Å². The molecule has 2 aliphatic rings. The number of rotatable bonds is 4. The maximum absolute atomic E-state index is 13.0. The van der Waals surface area contributed by atoms with Crippen LogP contribution in [0.15, 0.2) is 29.1 Å². The van der Waals surface area contributed by atoms with Crippen molar-refractivity contribution in [1.29, 1.82) is 0 Å². The third-order valence-electron chi connectivity index (χ3n) is 6.13. The van der Waals surface area contributed by atoms with Crippen LogP contribution in [0.4, 0.5) is 0 Å². The molecule has 0 unspecified atom stereocenters. The van der Waals surface area contributed by atoms with Gasteiger partial charge in [0, 0.05) is 22.9 Å². The molecule has 150 valence electrons. The molecule has 5 rings (SSSR count). The van der Waals surface area contributed by atoms with Crippen LogP contribution in [0.1, 0.15) is 48.9 Å². The highest BCUT2D eigenvalue weighted by Gasteiger charge is 2.26. The second-order valence-electron chi connectivity index (χ2n) is 8.23. The normalized spacial score (nSPS) is 16.4. The van der Waals surface area contributed by atoms with Gasteiger partial charge in [0.15, 0.2) is 5.82 Å². The molecule has 7 nitrogen and oxygen atoms in total. The molecular formula is C22H25N5O2. The number of amides is 1. The summed E-state index contributed by atoms with van der Waals surface area (Å²) in [5.74, 6) is 0.944. The van der Waals surface area contributed by atoms with Gasteiger partial charge in [-0.25, -0.2) is 0 Å². The number of aromatic nitrogens is 4. The van der Waals surface area contributed by atoms with Gasteiger partial charge in [-0.3, -0.25) is 9.59 Å². The summed E-state index contributed by atoms with van der Waals surface area (Å²) in [5.41, 5.74) is 3.62. The van der Waals surface area contributed by atoms with Crippen molar-refractivity contribution in [2.75, 3.05) is 0 Å². The zero-order valence-electron chi connectivity index (χ0n) is 16.6. The molecule has 29 heavy (non-hydrogen) atoms. The van der Waals surface area contributed by atoms with Crippen LogP contribution in [0.5, 0.6) is 0 Å². The van der Waals surface area contributed by atoms with Crippen molar-refractivity contribution in [3.8, 4) is 11.4 Å². The summed E-state index contributed by atoms with van der Waals surface area (Å²) in [5, 5.41) is 7.65. The highest BCUT2D eigenvalue weighted by molar-refractivity contribution is 5.77. The van der Waals surface area contributed by atoms with E-state index in [9.17, 15) is 9.59 Å². The molecule has 0 radical (unpaired) electrons. The van der Waals surface area contributed by atoms with E-state index >= 15 is 0 Å². The third-order valence-corrected chi connectivity index (χ3v) is 6.13. The van der Waals surface area contributed by atoms with Crippen molar-refractivity contribution >= 4 is 11.7 Å². The molecule has 3 aromatic rings. The lowest BCUT2D eigenvalue weighted by molar-refractivity contribution is -0.122. The van der Waals surface area contributed by atoms with Gasteiger partial charge in [0.25, 0.3) is 5.56 Å². The molecule has 1 fully saturated rings. The zero-order chi connectivity index (χ0) is 20.0. The van der Waals surface area contributed by atoms with E-state index in [0.717, 1.165) is 54.5 Å². The minimum absolute atomic E-state index is 0.0172. The van der Waals surface area contributed by atoms with Crippen LogP contribution in [-0.4, -0.2) is 31.1 Å². The van der Waals surface area contributed by atoms with Crippen LogP contribution >= 0.6 is 0 Å². The molecule has 2 aromatic heterocycles. The van der Waals surface area contributed by atoms with Crippen molar-refractivity contribution in [3.05, 3.63) is 51.4 Å². The van der Waals surface area contributed by atoms with E-state index in [1.165, 1.54) is 17.4 Å². The van der Waals surface area contributed by atoms with E-state index in [4.69, 9.17) is 0 Å². The molecule has 0 aliphatic heterocycles. The van der Waals surface area contributed by atoms with Crippen molar-refractivity contribution < 1.29 is 4.79 Å². The number of aryl methyl sites for hydroxylation is 1. The second-order valence-corrected chi connectivity index (χ2v) is 8.23. The summed E-state index contributed by atoms with van der Waals surface area (Å²) in [7, 11) is 0. The molecule has 1 saturated carbocycles. The molecule has 2 aliphatic carbocycles. The summed E-state index contributed by atoms with van der Waals surface area (Å²) >= 11 is 0. The van der Waals surface area contributed by atoms with Crippen LogP contribution in [0, 0.1) is 6.92 Å². The Morgan fingerprint density at radius 3 is 2.66 bits per heavy atom. The van der Waals surface area contributed by atoms with Gasteiger partial charge in [0.2, 0.25) is 11.7 Å². The Balaban J connectivity index is 1.57. The van der Waals surface area contributed by atoms with E-state index in [1.807, 2.05) is 35.8 Å². The minimum atomic E-state index is -0.106. The maximum atomic E-state index is 13.0. The van der Waals surface area contributed by atoms with Crippen LogP contribution < -0.4 is 10.9 Å². The molecule has 0 saturated heterocycles. The Labute approximate surface area is 168 Å². The van der Waals surface area contributed by atoms with Crippen LogP contribution in [0.3, 0.4) is 0 Å². The molecule has 1 aromatic carbocycles. The quantitative estimate of drug-likeness (QED) is 0.741. The van der Waals surface area contributed by atoms with Gasteiger partial charge < -0.3 is 9.88 Å². The summed E-state index contributed by atoms with van der Waals surface area (Å²) < 4.78 is 3.28. The fourth-order valence-electron chi connectivity index (χ4n) is 4.60. The van der Waals surface area contributed by atoms with Crippen molar-refractivity contribution in [3.63, 3.8) is 0 Å². The summed E-state index contributed by atoms with van der Waals surface area (Å²) in [4.78, 5) is 30.4. The number of hydrogen-bond acceptors (Lipinski definition) is 4. The molecular weight excluding hydrogens is 366 g/mol. The predicted octanol–water partition coefficient (Wildman–Crippen LogP) is 2.41. The summed E-state index contributed by atoms with van der Waals surface area (Å²) in [6.45, 7) is 2.20. The maximum Gasteiger partial charge on any atom is 0.279 e. The monoisotopic (exact) mass is 391 g/mol. The van der Waals surface area contributed by atoms with Gasteiger partial charge in [0.1, 0.15) is 6.54 Å². The average Bonchev–Trinajstić information content (AvgIpc) is 3.46. The van der Waals surface area contributed by atoms with Gasteiger partial charge in [-0.2, -0.15) is 9.50 Å². The first-order valence-corrected chi connectivity index (χ1v) is 10.5. The highest BCUT2D eigenvalue weighted by atomic mass is 16.2. The number of hydrogen-bond donors (Lipinski definition) is 1. The van der Waals surface area contributed by atoms with Gasteiger partial charge >= 0.3 is 0 Å². The van der Waals surface area contributed by atoms with Crippen LogP contribution in [0.2, 0.25) is 0 Å². The number of nitrogens with zero attached hydrogens (tertiary/aromatic N) is 4. The minimum Gasteiger partial charge on any atom is -0.352 e. The molecule has 0 bridgehead atoms. The first kappa shape index (κ1) is 18.1. The van der Waals surface area contributed by atoms with Gasteiger partial charge in [-0.1, -0.05) is 42.7 Å². The van der Waals surface area contributed by atoms with E-state index in [-0.39, 0.29) is 24.1 Å². The van der Waals surface area contributed by atoms with E-state index in [2.05, 4.69) is 15.4 Å². The lowest BCUT2D eigenvalue weighted by Gasteiger charge is -2.16. The SMILES string of the molecule is Cc1ccc(-c2nc3n(CC(=O)NC4CCCC4)c4c(c(=O)n3n2)CCC4)cc1. The average molecular weight is 391 g/mol. The molecule has 0 atom stereocenters. The van der Waals surface area contributed by atoms with Gasteiger partial charge in [0.05, 0.1) is 0 Å². The topological polar surface area (TPSA) is 81.3 Å². The van der Waals surface area contributed by atoms with Crippen LogP contribution in [0.25, 0.3) is 17.2 Å². The highest BCUT2D eigenvalue weighted by Crippen LogP contribution is 2.23. The number of benzene rings is 1. The van der Waals surface area contributed by atoms with Crippen molar-refractivity contribution in [2.45, 2.75) is 64.5 Å². The van der Waals surface area contributed by atoms with Gasteiger partial charge in [-0.15, -0.1) is 5.10 Å². The first-order valence-electron chi connectivity index (χ1n) is 10.5. The van der Waals surface area contributed by atoms with E-state index < -0.39 is 0 Å². The Morgan fingerprint density at radius 1 is 1.14 bits per heavy atom. The predicted molar refractivity (Wildman–Crippen MR) is 110 cm³/mol. The Bertz CT molecular complexity index is 1140. The Morgan fingerprint density at radius 2 is 1.90 bits per heavy atom. The smallest absolute Gasteiger partial charge is 0.279 e. The molecule has 1 N–H and O–H groups in total. The van der Waals surface area contributed by atoms with Gasteiger partial charge in [-0.05, 0) is 39.0 Å². The standard InChI is InChI=1S/C22H25N5O2/c1-14-9-11-15(12-10-14)20-24-22-26(13-19(28)23-16-5-2-3-6-16)18-8-4-7-17(18)21(29)27(22)25-20/h9-12,16H,2-8,13H2,1H3,(H,23,28). The molecule has 1 amide bonds. The lowest BCUT2D eigenvalue weighted by atomic mass is 10.1. The number of carbonyl (C=O) groups excluding carboxylic acids is 1. The third kappa shape index (κ3) is 3.24. The molecule has 2 heterocycles. The zero-order valence-corrected chi connectivity index (χ0v) is 16.6. The fourth-order valence-corrected chi connectivity index (χ4v) is 4.60. The first-order chi connectivity index (χ1) is 14.1. The Kier molecular flexibility index (Phi) is 4.45. The lowest BCUT2D eigenvalue weighted by Crippen LogP contribution is -2.36. The largest absolute Gasteiger partial charge is 0.352 e. The fraction of sp³-hybridized carbons (Fsp3) is 0.455. The second kappa shape index (κ2) is 7.13. The van der Waals surface area contributed by atoms with Crippen LogP contribution in [-0.2, 0) is 24.2 Å². The summed E-state index contributed by atoms with van der Waals surface area (Å²) in [6.07, 6.45) is 6.89. The number of fused-ring (bicyclic) bond motifs is 2. The van der Waals surface area contributed by atoms with Crippen molar-refractivity contribution in [1.82, 2.24) is 24.5 Å². The molecule has 0 spiro atoms. The summed E-state index contributed by atoms with van der Waals surface area (Å²) in [6, 6.07) is 8.19. The van der Waals surface area contributed by atoms with Crippen molar-refractivity contribution in [2.24, 2.45) is 0 Å².